The summed E-state index contributed by atoms with van der Waals surface area (Å²) in [6, 6.07) is 7.53. The van der Waals surface area contributed by atoms with Gasteiger partial charge in [0.05, 0.1) is 18.1 Å². The van der Waals surface area contributed by atoms with Crippen LogP contribution in [0.1, 0.15) is 12.5 Å². The first kappa shape index (κ1) is 17.8. The van der Waals surface area contributed by atoms with Gasteiger partial charge in [-0.1, -0.05) is 24.1 Å². The first-order valence-electron chi connectivity index (χ1n) is 7.97. The molecule has 1 aromatic carbocycles. The van der Waals surface area contributed by atoms with E-state index in [0.29, 0.717) is 11.5 Å². The van der Waals surface area contributed by atoms with E-state index in [4.69, 9.17) is 11.2 Å². The van der Waals surface area contributed by atoms with Crippen LogP contribution >= 0.6 is 11.8 Å². The largest absolute Gasteiger partial charge is 0.465 e. The Labute approximate surface area is 154 Å². The molecule has 0 aliphatic carbocycles. The highest BCUT2D eigenvalue weighted by molar-refractivity contribution is 8.18. The number of rotatable bonds is 5. The van der Waals surface area contributed by atoms with Crippen molar-refractivity contribution in [2.45, 2.75) is 13.5 Å². The van der Waals surface area contributed by atoms with Crippen molar-refractivity contribution in [3.8, 4) is 12.3 Å². The molecule has 1 fully saturated rings. The van der Waals surface area contributed by atoms with Crippen LogP contribution in [0.3, 0.4) is 0 Å². The van der Waals surface area contributed by atoms with Crippen molar-refractivity contribution in [3.05, 3.63) is 40.9 Å². The predicted molar refractivity (Wildman–Crippen MR) is 100 cm³/mol. The lowest BCUT2D eigenvalue weighted by Crippen LogP contribution is -2.28. The summed E-state index contributed by atoms with van der Waals surface area (Å²) in [6.45, 7) is 2.09. The van der Waals surface area contributed by atoms with Crippen LogP contribution in [0.4, 0.5) is 4.79 Å². The topological polar surface area (TPSA) is 68.6 Å². The Balaban J connectivity index is 1.99. The maximum Gasteiger partial charge on any atom is 0.325 e. The molecule has 132 valence electrons. The normalized spacial score (nSPS) is 15.7. The number of carbonyl (C=O) groups excluding carboxylic acids is 3. The van der Waals surface area contributed by atoms with Crippen molar-refractivity contribution in [2.75, 3.05) is 13.2 Å². The van der Waals surface area contributed by atoms with Crippen molar-refractivity contribution in [2.24, 2.45) is 0 Å². The molecule has 0 radical (unpaired) electrons. The molecule has 6 nitrogen and oxygen atoms in total. The van der Waals surface area contributed by atoms with Gasteiger partial charge in [0, 0.05) is 22.7 Å². The Hall–Kier alpha value is -2.98. The molecule has 2 aromatic rings. The van der Waals surface area contributed by atoms with Crippen LogP contribution in [0.15, 0.2) is 35.4 Å². The van der Waals surface area contributed by atoms with Gasteiger partial charge in [0.2, 0.25) is 0 Å². The van der Waals surface area contributed by atoms with Gasteiger partial charge >= 0.3 is 5.97 Å². The lowest BCUT2D eigenvalue weighted by atomic mass is 10.1. The fraction of sp³-hybridized carbons (Fsp3) is 0.211. The number of amides is 2. The highest BCUT2D eigenvalue weighted by Crippen LogP contribution is 2.33. The molecule has 0 atom stereocenters. The molecule has 0 N–H and O–H groups in total. The summed E-state index contributed by atoms with van der Waals surface area (Å²) in [7, 11) is 0. The van der Waals surface area contributed by atoms with Gasteiger partial charge in [-0.2, -0.15) is 0 Å². The summed E-state index contributed by atoms with van der Waals surface area (Å²) < 4.78 is 6.77. The maximum atomic E-state index is 12.4. The molecular weight excluding hydrogens is 352 g/mol. The van der Waals surface area contributed by atoms with Gasteiger partial charge in [-0.3, -0.25) is 19.3 Å². The number of para-hydroxylation sites is 1. The van der Waals surface area contributed by atoms with Crippen LogP contribution in [0.2, 0.25) is 0 Å². The molecular formula is C19H16N2O4S. The maximum absolute atomic E-state index is 12.4. The standard InChI is InChI=1S/C19H16N2O4S/c1-3-9-21-18(23)16(26-19(21)24)10-13-11-20(12-17(22)25-4-2)15-8-6-5-7-14(13)15/h1,5-8,10-11H,4,9,12H2,2H3/b16-10+. The van der Waals surface area contributed by atoms with Gasteiger partial charge in [-0.15, -0.1) is 6.42 Å². The molecule has 3 rings (SSSR count). The monoisotopic (exact) mass is 368 g/mol. The average molecular weight is 368 g/mol. The van der Waals surface area contributed by atoms with Crippen molar-refractivity contribution in [1.29, 1.82) is 0 Å². The number of aromatic nitrogens is 1. The molecule has 0 unspecified atom stereocenters. The number of terminal acetylenes is 1. The Morgan fingerprint density at radius 3 is 2.85 bits per heavy atom. The molecule has 2 heterocycles. The Morgan fingerprint density at radius 1 is 1.35 bits per heavy atom. The summed E-state index contributed by atoms with van der Waals surface area (Å²) in [5.74, 6) is 1.57. The van der Waals surface area contributed by atoms with Crippen LogP contribution in [0, 0.1) is 12.3 Å². The van der Waals surface area contributed by atoms with E-state index in [1.807, 2.05) is 24.3 Å². The lowest BCUT2D eigenvalue weighted by Gasteiger charge is -2.06. The Kier molecular flexibility index (Phi) is 5.14. The smallest absolute Gasteiger partial charge is 0.325 e. The number of carbonyl (C=O) groups is 3. The third-order valence-electron chi connectivity index (χ3n) is 3.83. The molecule has 1 aliphatic heterocycles. The van der Waals surface area contributed by atoms with E-state index in [-0.39, 0.29) is 24.3 Å². The highest BCUT2D eigenvalue weighted by Gasteiger charge is 2.34. The number of thioether (sulfide) groups is 1. The molecule has 1 saturated heterocycles. The minimum atomic E-state index is -0.403. The van der Waals surface area contributed by atoms with Gasteiger partial charge in [0.1, 0.15) is 6.54 Å². The SMILES string of the molecule is C#CCN1C(=O)S/C(=C/c2cn(CC(=O)OCC)c3ccccc23)C1=O. The molecule has 0 saturated carbocycles. The van der Waals surface area contributed by atoms with Gasteiger partial charge in [-0.05, 0) is 30.8 Å². The summed E-state index contributed by atoms with van der Waals surface area (Å²) in [4.78, 5) is 37.5. The van der Waals surface area contributed by atoms with Gasteiger partial charge in [0.25, 0.3) is 11.1 Å². The average Bonchev–Trinajstić information content (AvgIpc) is 3.08. The zero-order valence-corrected chi connectivity index (χ0v) is 14.9. The van der Waals surface area contributed by atoms with Crippen molar-refractivity contribution < 1.29 is 19.1 Å². The summed E-state index contributed by atoms with van der Waals surface area (Å²) in [6.07, 6.45) is 8.64. The second-order valence-electron chi connectivity index (χ2n) is 5.51. The van der Waals surface area contributed by atoms with Crippen molar-refractivity contribution >= 4 is 45.9 Å². The Bertz CT molecular complexity index is 968. The zero-order valence-electron chi connectivity index (χ0n) is 14.1. The second-order valence-corrected chi connectivity index (χ2v) is 6.50. The summed E-state index contributed by atoms with van der Waals surface area (Å²) in [5, 5.41) is 0.495. The van der Waals surface area contributed by atoms with E-state index in [1.54, 1.807) is 23.8 Å². The Morgan fingerprint density at radius 2 is 2.12 bits per heavy atom. The quantitative estimate of drug-likeness (QED) is 0.461. The number of nitrogens with zero attached hydrogens (tertiary/aromatic N) is 2. The van der Waals surface area contributed by atoms with Crippen molar-refractivity contribution in [1.82, 2.24) is 9.47 Å². The number of hydrogen-bond donors (Lipinski definition) is 0. The zero-order chi connectivity index (χ0) is 18.7. The van der Waals surface area contributed by atoms with E-state index in [2.05, 4.69) is 5.92 Å². The number of ether oxygens (including phenoxy) is 1. The third kappa shape index (κ3) is 3.37. The van der Waals surface area contributed by atoms with Crippen LogP contribution < -0.4 is 0 Å². The highest BCUT2D eigenvalue weighted by atomic mass is 32.2. The molecule has 0 spiro atoms. The lowest BCUT2D eigenvalue weighted by molar-refractivity contribution is -0.143. The number of benzene rings is 1. The van der Waals surface area contributed by atoms with E-state index in [9.17, 15) is 14.4 Å². The number of fused-ring (bicyclic) bond motifs is 1. The number of esters is 1. The van der Waals surface area contributed by atoms with Crippen LogP contribution in [-0.4, -0.2) is 39.7 Å². The number of imide groups is 1. The molecule has 2 amide bonds. The minimum absolute atomic E-state index is 0.0490. The molecule has 7 heteroatoms. The van der Waals surface area contributed by atoms with E-state index >= 15 is 0 Å². The van der Waals surface area contributed by atoms with E-state index < -0.39 is 5.91 Å². The van der Waals surface area contributed by atoms with Gasteiger partial charge < -0.3 is 9.30 Å². The molecule has 26 heavy (non-hydrogen) atoms. The molecule has 1 aliphatic rings. The molecule has 0 bridgehead atoms. The van der Waals surface area contributed by atoms with E-state index in [1.165, 1.54) is 0 Å². The predicted octanol–water partition coefficient (Wildman–Crippen LogP) is 2.87. The third-order valence-corrected chi connectivity index (χ3v) is 4.74. The van der Waals surface area contributed by atoms with Crippen LogP contribution in [0.5, 0.6) is 0 Å². The molecule has 1 aromatic heterocycles. The first-order valence-corrected chi connectivity index (χ1v) is 8.79. The summed E-state index contributed by atoms with van der Waals surface area (Å²) in [5.41, 5.74) is 1.59. The first-order chi connectivity index (χ1) is 12.5. The summed E-state index contributed by atoms with van der Waals surface area (Å²) >= 11 is 0.859. The minimum Gasteiger partial charge on any atom is -0.465 e. The number of hydrogen-bond acceptors (Lipinski definition) is 5. The van der Waals surface area contributed by atoms with Crippen LogP contribution in [-0.2, 0) is 20.9 Å². The fourth-order valence-corrected chi connectivity index (χ4v) is 3.56. The van der Waals surface area contributed by atoms with E-state index in [0.717, 1.165) is 33.1 Å². The van der Waals surface area contributed by atoms with Crippen molar-refractivity contribution in [3.63, 3.8) is 0 Å². The fourth-order valence-electron chi connectivity index (χ4n) is 2.74. The van der Waals surface area contributed by atoms with Gasteiger partial charge in [-0.25, -0.2) is 0 Å². The van der Waals surface area contributed by atoms with Gasteiger partial charge in [0.15, 0.2) is 0 Å². The van der Waals surface area contributed by atoms with Crippen LogP contribution in [0.25, 0.3) is 17.0 Å². The second kappa shape index (κ2) is 7.50.